The van der Waals surface area contributed by atoms with Gasteiger partial charge in [-0.2, -0.15) is 0 Å². The molecule has 6 atom stereocenters. The normalized spacial score (nSPS) is 18.1. The molecule has 0 heterocycles. The van der Waals surface area contributed by atoms with Crippen molar-refractivity contribution in [2.75, 3.05) is 26.4 Å². The van der Waals surface area contributed by atoms with Gasteiger partial charge < -0.3 is 39.4 Å². The number of hydrogen-bond acceptors (Lipinski definition) is 8. The average Bonchev–Trinajstić information content (AvgIpc) is 0.795. The zero-order valence-corrected chi connectivity index (χ0v) is 65.0. The Morgan fingerprint density at radius 2 is 0.704 bits per heavy atom. The molecule has 0 amide bonds. The summed E-state index contributed by atoms with van der Waals surface area (Å²) in [6.45, 7) is 37.8. The highest BCUT2D eigenvalue weighted by Gasteiger charge is 2.37. The van der Waals surface area contributed by atoms with E-state index in [4.69, 9.17) is 18.9 Å². The Labute approximate surface area is 599 Å². The van der Waals surface area contributed by atoms with Crippen molar-refractivity contribution in [3.63, 3.8) is 0 Å². The molecule has 0 radical (unpaired) electrons. The first-order chi connectivity index (χ1) is 47.1. The van der Waals surface area contributed by atoms with Crippen LogP contribution in [0.3, 0.4) is 0 Å². The molecular formula is C90H140O8. The second-order valence-electron chi connectivity index (χ2n) is 31.2. The Morgan fingerprint density at radius 1 is 0.398 bits per heavy atom. The highest BCUT2D eigenvalue weighted by atomic mass is 16.5. The second-order valence-corrected chi connectivity index (χ2v) is 31.2. The minimum atomic E-state index is 0.305. The van der Waals surface area contributed by atoms with Gasteiger partial charge >= 0.3 is 0 Å². The average molecular weight is 1350 g/mol. The quantitative estimate of drug-likeness (QED) is 0.0256. The van der Waals surface area contributed by atoms with Crippen molar-refractivity contribution in [1.29, 1.82) is 0 Å². The fourth-order valence-electron chi connectivity index (χ4n) is 15.1. The van der Waals surface area contributed by atoms with Crippen molar-refractivity contribution >= 4 is 0 Å². The van der Waals surface area contributed by atoms with E-state index in [1.807, 2.05) is 24.3 Å². The molecule has 8 nitrogen and oxygen atoms in total. The smallest absolute Gasteiger partial charge is 0.126 e. The fourth-order valence-corrected chi connectivity index (χ4v) is 15.1. The summed E-state index contributed by atoms with van der Waals surface area (Å²) in [7, 11) is 0. The molecule has 2 saturated carbocycles. The minimum Gasteiger partial charge on any atom is -0.508 e. The largest absolute Gasteiger partial charge is 0.508 e. The SMILES string of the molecule is CCCCCc1cc(O)c(C/C=C(\C)CCC=C(C)C)c(OCCCOc2cc(CCCCC)cc(O)c2[C@@H]2C[C@@H](C)CC[C@H]2C(C)C)c1.CCCCCc1cc(O)c(C/C=C(\C)CCC=C(C)C)c(OCCCOc2cc(CCCCC)cc(O)c2[C@@H]2C[C@H](C)CC[C@H]2C(C)C)c1. The summed E-state index contributed by atoms with van der Waals surface area (Å²) < 4.78 is 26.1. The first-order valence-electron chi connectivity index (χ1n) is 39.6. The number of aromatic hydroxyl groups is 4. The van der Waals surface area contributed by atoms with Crippen molar-refractivity contribution in [1.82, 2.24) is 0 Å². The van der Waals surface area contributed by atoms with Crippen LogP contribution in [0.4, 0.5) is 0 Å². The van der Waals surface area contributed by atoms with Gasteiger partial charge in [-0.25, -0.2) is 0 Å². The van der Waals surface area contributed by atoms with E-state index in [0.717, 1.165) is 157 Å². The van der Waals surface area contributed by atoms with Crippen LogP contribution in [0.5, 0.6) is 46.0 Å². The first-order valence-corrected chi connectivity index (χ1v) is 39.6. The van der Waals surface area contributed by atoms with Gasteiger partial charge in [-0.15, -0.1) is 0 Å². The molecule has 4 N–H and O–H groups in total. The Balaban J connectivity index is 0.000000354. The highest BCUT2D eigenvalue weighted by molar-refractivity contribution is 5.53. The van der Waals surface area contributed by atoms with Crippen molar-refractivity contribution in [2.24, 2.45) is 35.5 Å². The van der Waals surface area contributed by atoms with Crippen molar-refractivity contribution in [3.05, 3.63) is 140 Å². The summed E-state index contributed by atoms with van der Waals surface area (Å²) in [5.74, 6) is 8.86. The van der Waals surface area contributed by atoms with Gasteiger partial charge in [-0.1, -0.05) is 180 Å². The van der Waals surface area contributed by atoms with E-state index in [-0.39, 0.29) is 0 Å². The van der Waals surface area contributed by atoms with Gasteiger partial charge in [0.05, 0.1) is 26.4 Å². The molecule has 0 bridgehead atoms. The lowest BCUT2D eigenvalue weighted by molar-refractivity contribution is 0.187. The van der Waals surface area contributed by atoms with Gasteiger partial charge in [-0.05, 0) is 275 Å². The third kappa shape index (κ3) is 28.7. The number of phenolic OH excluding ortho intramolecular Hbond substituents is 4. The molecule has 0 spiro atoms. The van der Waals surface area contributed by atoms with E-state index in [1.165, 1.54) is 99.3 Å². The molecule has 4 aromatic rings. The number of ether oxygens (including phenoxy) is 4. The summed E-state index contributed by atoms with van der Waals surface area (Å²) in [6.07, 6.45) is 40.6. The molecule has 0 aliphatic heterocycles. The fraction of sp³-hybridized carbons (Fsp3) is 0.644. The minimum absolute atomic E-state index is 0.305. The summed E-state index contributed by atoms with van der Waals surface area (Å²) in [5, 5.41) is 45.3. The van der Waals surface area contributed by atoms with Gasteiger partial charge in [0.15, 0.2) is 0 Å². The first kappa shape index (κ1) is 82.9. The standard InChI is InChI=1S/2C45H70O4/c2*1-9-11-13-19-36-28-41(46)39(24-21-34(7)18-15-17-32(3)4)43(30-36)48-25-16-26-49-44-31-37(20-14-12-10-2)29-42(47)45(44)40-27-35(8)22-23-38(40)33(5)6/h2*17,21,28-31,33,35,38,40,46-47H,9-16,18-20,22-27H2,1-8H3/b2*34-21+/t35-,38+,40-;35-,38-,40+/m10/s1. The molecule has 2 aliphatic rings. The van der Waals surface area contributed by atoms with Gasteiger partial charge in [-0.3, -0.25) is 0 Å². The van der Waals surface area contributed by atoms with Crippen LogP contribution in [0.2, 0.25) is 0 Å². The molecule has 0 unspecified atom stereocenters. The van der Waals surface area contributed by atoms with E-state index < -0.39 is 0 Å². The van der Waals surface area contributed by atoms with Crippen molar-refractivity contribution < 1.29 is 39.4 Å². The maximum Gasteiger partial charge on any atom is 0.126 e. The molecule has 2 fully saturated rings. The molecule has 4 aromatic carbocycles. The van der Waals surface area contributed by atoms with Crippen LogP contribution in [0.25, 0.3) is 0 Å². The molecule has 0 saturated heterocycles. The molecule has 6 rings (SSSR count). The summed E-state index contributed by atoms with van der Waals surface area (Å²) in [6, 6.07) is 16.6. The van der Waals surface area contributed by atoms with Crippen molar-refractivity contribution in [2.45, 2.75) is 315 Å². The number of hydrogen-bond donors (Lipinski definition) is 4. The van der Waals surface area contributed by atoms with Gasteiger partial charge in [0, 0.05) is 35.1 Å². The lowest BCUT2D eigenvalue weighted by Gasteiger charge is -2.38. The molecule has 548 valence electrons. The van der Waals surface area contributed by atoms with E-state index in [1.54, 1.807) is 0 Å². The number of unbranched alkanes of at least 4 members (excludes halogenated alkanes) is 8. The van der Waals surface area contributed by atoms with E-state index in [9.17, 15) is 20.4 Å². The van der Waals surface area contributed by atoms with Crippen LogP contribution in [0.15, 0.2) is 95.1 Å². The third-order valence-corrected chi connectivity index (χ3v) is 21.0. The Kier molecular flexibility index (Phi) is 38.2. The number of benzene rings is 4. The maximum absolute atomic E-state index is 11.5. The predicted molar refractivity (Wildman–Crippen MR) is 417 cm³/mol. The van der Waals surface area contributed by atoms with E-state index >= 15 is 0 Å². The van der Waals surface area contributed by atoms with E-state index in [2.05, 4.69) is 159 Å². The molecule has 2 aliphatic carbocycles. The highest BCUT2D eigenvalue weighted by Crippen LogP contribution is 2.52. The van der Waals surface area contributed by atoms with Gasteiger partial charge in [0.2, 0.25) is 0 Å². The topological polar surface area (TPSA) is 118 Å². The van der Waals surface area contributed by atoms with Crippen LogP contribution in [-0.2, 0) is 38.5 Å². The molecule has 0 aromatic heterocycles. The zero-order valence-electron chi connectivity index (χ0n) is 65.0. The van der Waals surface area contributed by atoms with Crippen LogP contribution in [-0.4, -0.2) is 46.9 Å². The van der Waals surface area contributed by atoms with Gasteiger partial charge in [0.25, 0.3) is 0 Å². The monoisotopic (exact) mass is 1350 g/mol. The van der Waals surface area contributed by atoms with Gasteiger partial charge in [0.1, 0.15) is 46.0 Å². The maximum atomic E-state index is 11.5. The van der Waals surface area contributed by atoms with Crippen LogP contribution < -0.4 is 18.9 Å². The summed E-state index contributed by atoms with van der Waals surface area (Å²) >= 11 is 0. The Bertz CT molecular complexity index is 2870. The molecule has 98 heavy (non-hydrogen) atoms. The predicted octanol–water partition coefficient (Wildman–Crippen LogP) is 25.6. The Morgan fingerprint density at radius 3 is 1.01 bits per heavy atom. The lowest BCUT2D eigenvalue weighted by atomic mass is 9.67. The second kappa shape index (κ2) is 45.2. The van der Waals surface area contributed by atoms with Crippen LogP contribution >= 0.6 is 0 Å². The number of rotatable bonds is 42. The zero-order chi connectivity index (χ0) is 71.5. The third-order valence-electron chi connectivity index (χ3n) is 21.0. The summed E-state index contributed by atoms with van der Waals surface area (Å²) in [5.41, 5.74) is 13.7. The van der Waals surface area contributed by atoms with Crippen LogP contribution in [0.1, 0.15) is 321 Å². The molecule has 8 heteroatoms. The number of aryl methyl sites for hydroxylation is 4. The molecular weight excluding hydrogens is 1210 g/mol. The summed E-state index contributed by atoms with van der Waals surface area (Å²) in [4.78, 5) is 0. The number of phenols is 4. The Hall–Kier alpha value is -5.76. The number of allylic oxidation sites excluding steroid dienone is 8. The lowest BCUT2D eigenvalue weighted by Crippen LogP contribution is -2.26. The van der Waals surface area contributed by atoms with E-state index in [0.29, 0.717) is 122 Å². The van der Waals surface area contributed by atoms with Crippen LogP contribution in [0, 0.1) is 35.5 Å². The van der Waals surface area contributed by atoms with Crippen molar-refractivity contribution in [3.8, 4) is 46.0 Å².